The van der Waals surface area contributed by atoms with Crippen molar-refractivity contribution in [2.75, 3.05) is 30.4 Å². The van der Waals surface area contributed by atoms with E-state index in [0.29, 0.717) is 6.04 Å². The van der Waals surface area contributed by atoms with Crippen molar-refractivity contribution in [3.63, 3.8) is 0 Å². The van der Waals surface area contributed by atoms with E-state index in [4.69, 9.17) is 4.74 Å². The molecule has 0 bridgehead atoms. The van der Waals surface area contributed by atoms with E-state index in [2.05, 4.69) is 20.2 Å². The fourth-order valence-electron chi connectivity index (χ4n) is 3.00. The Balaban J connectivity index is 1.53. The smallest absolute Gasteiger partial charge is 0.410 e. The summed E-state index contributed by atoms with van der Waals surface area (Å²) in [6.07, 6.45) is 5.64. The first-order chi connectivity index (χ1) is 11.8. The standard InChI is InChI=1S/C18H29N5O2/c1-18(2,3)25-17(24)22(4)14-7-9-23(10-8-14)16-11-15(19-12-20-16)21-13-5-6-13/h11-14H,5-10H2,1-4H3,(H,19,20,21). The van der Waals surface area contributed by atoms with Crippen molar-refractivity contribution in [3.05, 3.63) is 12.4 Å². The van der Waals surface area contributed by atoms with Gasteiger partial charge in [-0.15, -0.1) is 0 Å². The van der Waals surface area contributed by atoms with Crippen LogP contribution in [0.5, 0.6) is 0 Å². The molecule has 0 spiro atoms. The quantitative estimate of drug-likeness (QED) is 0.903. The highest BCUT2D eigenvalue weighted by Crippen LogP contribution is 2.26. The lowest BCUT2D eigenvalue weighted by atomic mass is 10.0. The molecule has 0 aromatic carbocycles. The summed E-state index contributed by atoms with van der Waals surface area (Å²) >= 11 is 0. The summed E-state index contributed by atoms with van der Waals surface area (Å²) in [7, 11) is 1.83. The number of anilines is 2. The maximum atomic E-state index is 12.2. The van der Waals surface area contributed by atoms with E-state index >= 15 is 0 Å². The van der Waals surface area contributed by atoms with Crippen molar-refractivity contribution >= 4 is 17.7 Å². The molecule has 2 aliphatic rings. The molecule has 1 N–H and O–H groups in total. The zero-order valence-electron chi connectivity index (χ0n) is 15.7. The minimum atomic E-state index is -0.460. The first-order valence-corrected chi connectivity index (χ1v) is 9.11. The van der Waals surface area contributed by atoms with Crippen molar-refractivity contribution in [2.45, 2.75) is 64.1 Å². The monoisotopic (exact) mass is 347 g/mol. The summed E-state index contributed by atoms with van der Waals surface area (Å²) in [5, 5.41) is 3.41. The Bertz CT molecular complexity index is 604. The van der Waals surface area contributed by atoms with Crippen molar-refractivity contribution in [3.8, 4) is 0 Å². The predicted molar refractivity (Wildman–Crippen MR) is 97.9 cm³/mol. The molecule has 0 atom stereocenters. The van der Waals surface area contributed by atoms with E-state index in [0.717, 1.165) is 37.6 Å². The molecule has 1 aromatic heterocycles. The molecule has 7 nitrogen and oxygen atoms in total. The second-order valence-corrected chi connectivity index (χ2v) is 7.99. The first kappa shape index (κ1) is 17.8. The molecular formula is C18H29N5O2. The highest BCUT2D eigenvalue weighted by molar-refractivity contribution is 5.68. The van der Waals surface area contributed by atoms with Crippen LogP contribution in [0.25, 0.3) is 0 Å². The number of carbonyl (C=O) groups excluding carboxylic acids is 1. The fourth-order valence-corrected chi connectivity index (χ4v) is 3.00. The highest BCUT2D eigenvalue weighted by Gasteiger charge is 2.29. The van der Waals surface area contributed by atoms with Crippen molar-refractivity contribution < 1.29 is 9.53 Å². The number of amides is 1. The Morgan fingerprint density at radius 2 is 1.92 bits per heavy atom. The minimum Gasteiger partial charge on any atom is -0.444 e. The number of aromatic nitrogens is 2. The summed E-state index contributed by atoms with van der Waals surface area (Å²) in [5.41, 5.74) is -0.460. The zero-order chi connectivity index (χ0) is 18.0. The normalized spacial score (nSPS) is 18.8. The molecule has 138 valence electrons. The number of ether oxygens (including phenoxy) is 1. The lowest BCUT2D eigenvalue weighted by Crippen LogP contribution is -2.47. The number of carbonyl (C=O) groups is 1. The van der Waals surface area contributed by atoms with Crippen LogP contribution in [0.2, 0.25) is 0 Å². The van der Waals surface area contributed by atoms with Crippen LogP contribution in [0.1, 0.15) is 46.5 Å². The average molecular weight is 347 g/mol. The SMILES string of the molecule is CN(C(=O)OC(C)(C)C)C1CCN(c2cc(NC3CC3)ncn2)CC1. The lowest BCUT2D eigenvalue weighted by molar-refractivity contribution is 0.0201. The van der Waals surface area contributed by atoms with E-state index in [9.17, 15) is 4.79 Å². The minimum absolute atomic E-state index is 0.206. The Morgan fingerprint density at radius 3 is 2.52 bits per heavy atom. The molecule has 0 radical (unpaired) electrons. The Kier molecular flexibility index (Phi) is 5.01. The van der Waals surface area contributed by atoms with Crippen LogP contribution in [0.4, 0.5) is 16.4 Å². The third kappa shape index (κ3) is 4.96. The Labute approximate surface area is 149 Å². The van der Waals surface area contributed by atoms with E-state index in [1.165, 1.54) is 12.8 Å². The van der Waals surface area contributed by atoms with Crippen LogP contribution in [0.15, 0.2) is 12.4 Å². The van der Waals surface area contributed by atoms with Crippen molar-refractivity contribution in [1.82, 2.24) is 14.9 Å². The van der Waals surface area contributed by atoms with E-state index in [-0.39, 0.29) is 12.1 Å². The predicted octanol–water partition coefficient (Wildman–Crippen LogP) is 2.89. The van der Waals surface area contributed by atoms with Gasteiger partial charge in [0.05, 0.1) is 0 Å². The van der Waals surface area contributed by atoms with Crippen LogP contribution in [-0.2, 0) is 4.74 Å². The zero-order valence-corrected chi connectivity index (χ0v) is 15.7. The number of nitrogens with one attached hydrogen (secondary N) is 1. The molecule has 1 aromatic rings. The molecular weight excluding hydrogens is 318 g/mol. The summed E-state index contributed by atoms with van der Waals surface area (Å²) in [6, 6.07) is 2.81. The van der Waals surface area contributed by atoms with Gasteiger partial charge in [-0.2, -0.15) is 0 Å². The number of hydrogen-bond donors (Lipinski definition) is 1. The van der Waals surface area contributed by atoms with Gasteiger partial charge in [0.1, 0.15) is 23.6 Å². The molecule has 2 heterocycles. The first-order valence-electron chi connectivity index (χ1n) is 9.11. The van der Waals surface area contributed by atoms with Crippen LogP contribution in [0.3, 0.4) is 0 Å². The topological polar surface area (TPSA) is 70.6 Å². The second-order valence-electron chi connectivity index (χ2n) is 7.99. The molecule has 2 fully saturated rings. The van der Waals surface area contributed by atoms with Crippen LogP contribution >= 0.6 is 0 Å². The lowest BCUT2D eigenvalue weighted by Gasteiger charge is -2.37. The third-order valence-electron chi connectivity index (χ3n) is 4.60. The fraction of sp³-hybridized carbons (Fsp3) is 0.722. The molecule has 1 aliphatic carbocycles. The van der Waals surface area contributed by atoms with E-state index in [1.807, 2.05) is 33.9 Å². The summed E-state index contributed by atoms with van der Waals surface area (Å²) < 4.78 is 5.47. The van der Waals surface area contributed by atoms with Crippen molar-refractivity contribution in [1.29, 1.82) is 0 Å². The van der Waals surface area contributed by atoms with Crippen molar-refractivity contribution in [2.24, 2.45) is 0 Å². The number of rotatable bonds is 4. The molecule has 0 unspecified atom stereocenters. The summed E-state index contributed by atoms with van der Waals surface area (Å²) in [6.45, 7) is 7.42. The number of hydrogen-bond acceptors (Lipinski definition) is 6. The molecule has 1 saturated heterocycles. The molecule has 1 aliphatic heterocycles. The van der Waals surface area contributed by atoms with Gasteiger partial charge in [0.15, 0.2) is 0 Å². The van der Waals surface area contributed by atoms with Gasteiger partial charge < -0.3 is 19.9 Å². The highest BCUT2D eigenvalue weighted by atomic mass is 16.6. The molecule has 1 amide bonds. The molecule has 1 saturated carbocycles. The maximum Gasteiger partial charge on any atom is 0.410 e. The van der Waals surface area contributed by atoms with Gasteiger partial charge in [-0.25, -0.2) is 14.8 Å². The summed E-state index contributed by atoms with van der Waals surface area (Å²) in [4.78, 5) is 24.9. The van der Waals surface area contributed by atoms with Gasteiger partial charge in [-0.05, 0) is 46.5 Å². The van der Waals surface area contributed by atoms with Gasteiger partial charge in [0, 0.05) is 38.3 Å². The van der Waals surface area contributed by atoms with E-state index in [1.54, 1.807) is 11.2 Å². The third-order valence-corrected chi connectivity index (χ3v) is 4.60. The van der Waals surface area contributed by atoms with Crippen LogP contribution in [-0.4, -0.2) is 58.8 Å². The van der Waals surface area contributed by atoms with Crippen LogP contribution in [0, 0.1) is 0 Å². The Morgan fingerprint density at radius 1 is 1.24 bits per heavy atom. The summed E-state index contributed by atoms with van der Waals surface area (Å²) in [5.74, 6) is 1.86. The van der Waals surface area contributed by atoms with Gasteiger partial charge in [-0.3, -0.25) is 0 Å². The maximum absolute atomic E-state index is 12.2. The largest absolute Gasteiger partial charge is 0.444 e. The second kappa shape index (κ2) is 7.06. The van der Waals surface area contributed by atoms with Gasteiger partial charge in [0.25, 0.3) is 0 Å². The molecule has 3 rings (SSSR count). The number of piperidine rings is 1. The number of nitrogens with zero attached hydrogens (tertiary/aromatic N) is 4. The Hall–Kier alpha value is -2.05. The average Bonchev–Trinajstić information content (AvgIpc) is 3.37. The van der Waals surface area contributed by atoms with Gasteiger partial charge in [-0.1, -0.05) is 0 Å². The molecule has 25 heavy (non-hydrogen) atoms. The van der Waals surface area contributed by atoms with Gasteiger partial charge >= 0.3 is 6.09 Å². The van der Waals surface area contributed by atoms with Gasteiger partial charge in [0.2, 0.25) is 0 Å². The van der Waals surface area contributed by atoms with E-state index < -0.39 is 5.60 Å². The van der Waals surface area contributed by atoms with Crippen LogP contribution < -0.4 is 10.2 Å². The molecule has 7 heteroatoms.